The fourth-order valence-corrected chi connectivity index (χ4v) is 3.45. The van der Waals surface area contributed by atoms with Crippen LogP contribution in [0.25, 0.3) is 0 Å². The van der Waals surface area contributed by atoms with Crippen molar-refractivity contribution in [1.82, 2.24) is 0 Å². The highest BCUT2D eigenvalue weighted by atomic mass is 16.5. The summed E-state index contributed by atoms with van der Waals surface area (Å²) in [7, 11) is 1.53. The van der Waals surface area contributed by atoms with E-state index in [9.17, 15) is 14.4 Å². The van der Waals surface area contributed by atoms with Crippen molar-refractivity contribution in [3.63, 3.8) is 0 Å². The van der Waals surface area contributed by atoms with Gasteiger partial charge in [0.2, 0.25) is 5.91 Å². The Morgan fingerprint density at radius 2 is 1.83 bits per heavy atom. The number of ether oxygens (including phenoxy) is 2. The van der Waals surface area contributed by atoms with E-state index >= 15 is 0 Å². The summed E-state index contributed by atoms with van der Waals surface area (Å²) in [6.07, 6.45) is 0.0373. The van der Waals surface area contributed by atoms with Crippen molar-refractivity contribution in [2.24, 2.45) is 5.92 Å². The van der Waals surface area contributed by atoms with E-state index in [2.05, 4.69) is 5.32 Å². The van der Waals surface area contributed by atoms with Crippen LogP contribution in [0.3, 0.4) is 0 Å². The Bertz CT molecular complexity index is 920. The molecule has 0 radical (unpaired) electrons. The number of para-hydroxylation sites is 2. The van der Waals surface area contributed by atoms with Gasteiger partial charge in [-0.25, -0.2) is 0 Å². The first-order valence-corrected chi connectivity index (χ1v) is 9.35. The zero-order chi connectivity index (χ0) is 21.0. The maximum atomic E-state index is 12.4. The van der Waals surface area contributed by atoms with Crippen molar-refractivity contribution >= 4 is 29.2 Å². The molecule has 1 saturated heterocycles. The number of carbonyl (C=O) groups is 3. The Morgan fingerprint density at radius 1 is 1.14 bits per heavy atom. The van der Waals surface area contributed by atoms with E-state index in [1.165, 1.54) is 12.0 Å². The van der Waals surface area contributed by atoms with Crippen LogP contribution >= 0.6 is 0 Å². The van der Waals surface area contributed by atoms with Gasteiger partial charge in [-0.15, -0.1) is 0 Å². The fourth-order valence-electron chi connectivity index (χ4n) is 3.45. The second kappa shape index (κ2) is 8.77. The molecule has 2 aromatic carbocycles. The van der Waals surface area contributed by atoms with Crippen LogP contribution < -0.4 is 15.0 Å². The molecule has 2 aromatic rings. The highest BCUT2D eigenvalue weighted by molar-refractivity contribution is 6.01. The van der Waals surface area contributed by atoms with Crippen LogP contribution in [-0.2, 0) is 19.1 Å². The first-order valence-electron chi connectivity index (χ1n) is 9.35. The molecule has 0 bridgehead atoms. The summed E-state index contributed by atoms with van der Waals surface area (Å²) >= 11 is 0. The minimum Gasteiger partial charge on any atom is -0.495 e. The molecular formula is C22H24N2O5. The van der Waals surface area contributed by atoms with Crippen molar-refractivity contribution in [2.75, 3.05) is 30.5 Å². The van der Waals surface area contributed by atoms with Gasteiger partial charge in [-0.2, -0.15) is 0 Å². The largest absolute Gasteiger partial charge is 0.495 e. The number of nitrogens with one attached hydrogen (secondary N) is 1. The highest BCUT2D eigenvalue weighted by Gasteiger charge is 2.37. The SMILES string of the molecule is COc1ccccc1N1C[C@@H](C(=O)OCC(=O)Nc2cc(C)cc(C)c2)CC1=O. The van der Waals surface area contributed by atoms with Crippen LogP contribution in [0.5, 0.6) is 5.75 Å². The molecule has 0 spiro atoms. The zero-order valence-corrected chi connectivity index (χ0v) is 16.7. The number of esters is 1. The third-order valence-corrected chi connectivity index (χ3v) is 4.69. The van der Waals surface area contributed by atoms with Crippen LogP contribution in [0.2, 0.25) is 0 Å². The van der Waals surface area contributed by atoms with Gasteiger partial charge in [0.1, 0.15) is 5.75 Å². The number of benzene rings is 2. The van der Waals surface area contributed by atoms with E-state index in [0.29, 0.717) is 17.1 Å². The van der Waals surface area contributed by atoms with Gasteiger partial charge < -0.3 is 19.7 Å². The van der Waals surface area contributed by atoms with Crippen molar-refractivity contribution in [3.05, 3.63) is 53.6 Å². The minimum atomic E-state index is -0.624. The lowest BCUT2D eigenvalue weighted by molar-refractivity contribution is -0.151. The van der Waals surface area contributed by atoms with Gasteiger partial charge in [0.15, 0.2) is 6.61 Å². The number of rotatable bonds is 6. The number of hydrogen-bond acceptors (Lipinski definition) is 5. The normalized spacial score (nSPS) is 15.9. The molecule has 0 unspecified atom stereocenters. The summed E-state index contributed by atoms with van der Waals surface area (Å²) in [6, 6.07) is 12.8. The average molecular weight is 396 g/mol. The monoisotopic (exact) mass is 396 g/mol. The molecule has 2 amide bonds. The summed E-state index contributed by atoms with van der Waals surface area (Å²) < 4.78 is 10.4. The van der Waals surface area contributed by atoms with E-state index in [4.69, 9.17) is 9.47 Å². The highest BCUT2D eigenvalue weighted by Crippen LogP contribution is 2.33. The molecule has 0 aromatic heterocycles. The Balaban J connectivity index is 1.56. The summed E-state index contributed by atoms with van der Waals surface area (Å²) in [4.78, 5) is 38.4. The second-order valence-electron chi connectivity index (χ2n) is 7.11. The zero-order valence-electron chi connectivity index (χ0n) is 16.7. The third-order valence-electron chi connectivity index (χ3n) is 4.69. The van der Waals surface area contributed by atoms with Gasteiger partial charge in [-0.1, -0.05) is 18.2 Å². The van der Waals surface area contributed by atoms with E-state index in [1.54, 1.807) is 18.2 Å². The Labute approximate surface area is 169 Å². The molecule has 1 heterocycles. The Hall–Kier alpha value is -3.35. The van der Waals surface area contributed by atoms with Gasteiger partial charge in [0.25, 0.3) is 5.91 Å². The second-order valence-corrected chi connectivity index (χ2v) is 7.11. The molecule has 152 valence electrons. The quantitative estimate of drug-likeness (QED) is 0.759. The van der Waals surface area contributed by atoms with Gasteiger partial charge in [-0.3, -0.25) is 14.4 Å². The maximum absolute atomic E-state index is 12.4. The van der Waals surface area contributed by atoms with E-state index in [1.807, 2.05) is 38.1 Å². The van der Waals surface area contributed by atoms with Crippen molar-refractivity contribution in [1.29, 1.82) is 0 Å². The molecule has 1 N–H and O–H groups in total. The van der Waals surface area contributed by atoms with Crippen molar-refractivity contribution in [2.45, 2.75) is 20.3 Å². The lowest BCUT2D eigenvalue weighted by Crippen LogP contribution is -2.28. The molecular weight excluding hydrogens is 372 g/mol. The van der Waals surface area contributed by atoms with Gasteiger partial charge in [0.05, 0.1) is 18.7 Å². The van der Waals surface area contributed by atoms with Crippen LogP contribution in [0.1, 0.15) is 17.5 Å². The number of nitrogens with zero attached hydrogens (tertiary/aromatic N) is 1. The molecule has 7 nitrogen and oxygen atoms in total. The number of methoxy groups -OCH3 is 1. The Morgan fingerprint density at radius 3 is 2.52 bits per heavy atom. The maximum Gasteiger partial charge on any atom is 0.311 e. The van der Waals surface area contributed by atoms with Crippen molar-refractivity contribution < 1.29 is 23.9 Å². The first-order chi connectivity index (χ1) is 13.9. The van der Waals surface area contributed by atoms with Crippen LogP contribution in [-0.4, -0.2) is 38.0 Å². The summed E-state index contributed by atoms with van der Waals surface area (Å²) in [5.74, 6) is -1.24. The number of anilines is 2. The molecule has 0 saturated carbocycles. The van der Waals surface area contributed by atoms with Crippen LogP contribution in [0, 0.1) is 19.8 Å². The number of amides is 2. The smallest absolute Gasteiger partial charge is 0.311 e. The summed E-state index contributed by atoms with van der Waals surface area (Å²) in [5.41, 5.74) is 3.32. The lowest BCUT2D eigenvalue weighted by Gasteiger charge is -2.19. The lowest BCUT2D eigenvalue weighted by atomic mass is 10.1. The molecule has 1 aliphatic rings. The van der Waals surface area contributed by atoms with E-state index in [-0.39, 0.29) is 18.9 Å². The number of aryl methyl sites for hydroxylation is 2. The predicted molar refractivity (Wildman–Crippen MR) is 109 cm³/mol. The number of carbonyl (C=O) groups excluding carboxylic acids is 3. The van der Waals surface area contributed by atoms with Gasteiger partial charge in [-0.05, 0) is 49.2 Å². The first kappa shape index (κ1) is 20.4. The minimum absolute atomic E-state index is 0.0373. The fraction of sp³-hybridized carbons (Fsp3) is 0.318. The molecule has 3 rings (SSSR count). The predicted octanol–water partition coefficient (Wildman–Crippen LogP) is 2.85. The summed E-state index contributed by atoms with van der Waals surface area (Å²) in [6.45, 7) is 3.67. The van der Waals surface area contributed by atoms with Crippen molar-refractivity contribution in [3.8, 4) is 5.75 Å². The Kier molecular flexibility index (Phi) is 6.16. The standard InChI is InChI=1S/C22H24N2O5/c1-14-8-15(2)10-17(9-14)23-20(25)13-29-22(27)16-11-21(26)24(12-16)18-6-4-5-7-19(18)28-3/h4-10,16H,11-13H2,1-3H3,(H,23,25)/t16-/m0/s1. The molecule has 7 heteroatoms. The molecule has 1 atom stereocenters. The summed E-state index contributed by atoms with van der Waals surface area (Å²) in [5, 5.41) is 2.72. The molecule has 0 aliphatic carbocycles. The van der Waals surface area contributed by atoms with E-state index < -0.39 is 24.4 Å². The van der Waals surface area contributed by atoms with Gasteiger partial charge in [0, 0.05) is 18.7 Å². The van der Waals surface area contributed by atoms with E-state index in [0.717, 1.165) is 11.1 Å². The van der Waals surface area contributed by atoms with Gasteiger partial charge >= 0.3 is 5.97 Å². The average Bonchev–Trinajstić information content (AvgIpc) is 3.06. The molecule has 1 aliphatic heterocycles. The number of hydrogen-bond donors (Lipinski definition) is 1. The molecule has 29 heavy (non-hydrogen) atoms. The molecule has 1 fully saturated rings. The van der Waals surface area contributed by atoms with Crippen LogP contribution in [0.15, 0.2) is 42.5 Å². The third kappa shape index (κ3) is 4.93. The topological polar surface area (TPSA) is 84.9 Å². The van der Waals surface area contributed by atoms with Crippen LogP contribution in [0.4, 0.5) is 11.4 Å².